The van der Waals surface area contributed by atoms with Gasteiger partial charge in [-0.3, -0.25) is 0 Å². The molecule has 0 aliphatic rings. The lowest BCUT2D eigenvalue weighted by Crippen LogP contribution is -1.91. The van der Waals surface area contributed by atoms with Gasteiger partial charge in [0.25, 0.3) is 0 Å². The van der Waals surface area contributed by atoms with Crippen LogP contribution in [0.25, 0.3) is 130 Å². The molecule has 13 aromatic rings. The summed E-state index contributed by atoms with van der Waals surface area (Å²) in [5.41, 5.74) is 6.78. The van der Waals surface area contributed by atoms with Gasteiger partial charge in [-0.05, 0) is 133 Å². The van der Waals surface area contributed by atoms with Crippen LogP contribution in [0.3, 0.4) is 0 Å². The molecular formula is C52H28O. The highest BCUT2D eigenvalue weighted by atomic mass is 16.3. The van der Waals surface area contributed by atoms with Crippen LogP contribution in [0.1, 0.15) is 0 Å². The Kier molecular flexibility index (Phi) is 5.17. The van der Waals surface area contributed by atoms with E-state index in [-0.39, 0.29) is 0 Å². The van der Waals surface area contributed by atoms with E-state index in [4.69, 9.17) is 4.42 Å². The van der Waals surface area contributed by atoms with Gasteiger partial charge in [-0.15, -0.1) is 0 Å². The number of fused-ring (bicyclic) bond motifs is 6. The van der Waals surface area contributed by atoms with Crippen LogP contribution in [0.4, 0.5) is 0 Å². The van der Waals surface area contributed by atoms with Crippen molar-refractivity contribution in [1.82, 2.24) is 0 Å². The molecule has 0 saturated heterocycles. The predicted molar refractivity (Wildman–Crippen MR) is 227 cm³/mol. The molecule has 13 rings (SSSR count). The van der Waals surface area contributed by atoms with Crippen molar-refractivity contribution in [2.24, 2.45) is 0 Å². The molecule has 0 aliphatic carbocycles. The number of hydrogen-bond acceptors (Lipinski definition) is 1. The highest BCUT2D eigenvalue weighted by Gasteiger charge is 2.19. The molecule has 0 amide bonds. The Morgan fingerprint density at radius 3 is 1.49 bits per heavy atom. The minimum Gasteiger partial charge on any atom is -0.455 e. The molecule has 0 aliphatic heterocycles. The third-order valence-electron chi connectivity index (χ3n) is 12.1. The average Bonchev–Trinajstić information content (AvgIpc) is 3.58. The molecule has 0 spiro atoms. The highest BCUT2D eigenvalue weighted by Crippen LogP contribution is 2.46. The Hall–Kier alpha value is -6.96. The molecule has 1 heteroatoms. The minimum atomic E-state index is 0.915. The second-order valence-corrected chi connectivity index (χ2v) is 14.8. The summed E-state index contributed by atoms with van der Waals surface area (Å²) >= 11 is 0. The second-order valence-electron chi connectivity index (χ2n) is 14.8. The average molecular weight is 669 g/mol. The molecule has 0 N–H and O–H groups in total. The maximum absolute atomic E-state index is 6.78. The molecule has 0 saturated carbocycles. The van der Waals surface area contributed by atoms with Crippen LogP contribution in [0.2, 0.25) is 0 Å². The van der Waals surface area contributed by atoms with Crippen molar-refractivity contribution < 1.29 is 4.42 Å². The summed E-state index contributed by atoms with van der Waals surface area (Å²) < 4.78 is 6.78. The summed E-state index contributed by atoms with van der Waals surface area (Å²) in [4.78, 5) is 0. The lowest BCUT2D eigenvalue weighted by atomic mass is 9.85. The zero-order chi connectivity index (χ0) is 34.4. The normalized spacial score (nSPS) is 12.5. The van der Waals surface area contributed by atoms with E-state index in [0.29, 0.717) is 0 Å². The van der Waals surface area contributed by atoms with E-state index in [1.54, 1.807) is 0 Å². The Labute approximate surface area is 303 Å². The maximum atomic E-state index is 6.78. The molecule has 242 valence electrons. The first kappa shape index (κ1) is 27.7. The molecule has 1 nitrogen and oxygen atoms in total. The standard InChI is InChI=1S/C52H28O/c1-2-10-39-29(5-1)15-24-43-46-27-37-25-36(38-20-16-34-13-11-30-6-3-8-32-18-22-41(38)50(34)48(30)32)26-45(44(37)28-47(46)53-52(39)43)40-21-17-35-14-12-31-7-4-9-33-19-23-42(40)51(35)49(31)33/h1-28H. The number of hydrogen-bond donors (Lipinski definition) is 0. The van der Waals surface area contributed by atoms with Gasteiger partial charge < -0.3 is 4.42 Å². The summed E-state index contributed by atoms with van der Waals surface area (Å²) in [6.45, 7) is 0. The van der Waals surface area contributed by atoms with Crippen molar-refractivity contribution >= 4 is 108 Å². The van der Waals surface area contributed by atoms with Gasteiger partial charge in [0.15, 0.2) is 0 Å². The van der Waals surface area contributed by atoms with Gasteiger partial charge in [0, 0.05) is 16.2 Å². The lowest BCUT2D eigenvalue weighted by Gasteiger charge is -2.18. The zero-order valence-electron chi connectivity index (χ0n) is 28.6. The molecule has 53 heavy (non-hydrogen) atoms. The first-order chi connectivity index (χ1) is 26.2. The smallest absolute Gasteiger partial charge is 0.143 e. The Morgan fingerprint density at radius 2 is 0.792 bits per heavy atom. The molecule has 1 aromatic heterocycles. The molecule has 0 bridgehead atoms. The van der Waals surface area contributed by atoms with Crippen LogP contribution in [-0.2, 0) is 0 Å². The minimum absolute atomic E-state index is 0.915. The van der Waals surface area contributed by atoms with Crippen LogP contribution in [0.5, 0.6) is 0 Å². The van der Waals surface area contributed by atoms with Crippen LogP contribution in [0, 0.1) is 0 Å². The summed E-state index contributed by atoms with van der Waals surface area (Å²) in [6.07, 6.45) is 0. The SMILES string of the molecule is c1ccc2c(c1)ccc1c3cc4cc(-c5ccc6ccc7cccc8ccc5c6c78)cc(-c5ccc6ccc7cccc8ccc5c6c78)c4cc3oc21. The van der Waals surface area contributed by atoms with E-state index in [1.807, 2.05) is 0 Å². The van der Waals surface area contributed by atoms with Crippen molar-refractivity contribution in [3.8, 4) is 22.3 Å². The summed E-state index contributed by atoms with van der Waals surface area (Å²) in [5, 5.41) is 22.6. The zero-order valence-corrected chi connectivity index (χ0v) is 28.6. The number of furan rings is 1. The first-order valence-electron chi connectivity index (χ1n) is 18.4. The van der Waals surface area contributed by atoms with Gasteiger partial charge in [-0.1, -0.05) is 140 Å². The highest BCUT2D eigenvalue weighted by molar-refractivity contribution is 6.28. The van der Waals surface area contributed by atoms with Crippen LogP contribution in [-0.4, -0.2) is 0 Å². The topological polar surface area (TPSA) is 13.1 Å². The van der Waals surface area contributed by atoms with E-state index < -0.39 is 0 Å². The molecule has 0 unspecified atom stereocenters. The fraction of sp³-hybridized carbons (Fsp3) is 0. The fourth-order valence-electron chi connectivity index (χ4n) is 9.70. The molecular weight excluding hydrogens is 641 g/mol. The summed E-state index contributed by atoms with van der Waals surface area (Å²) in [6, 6.07) is 63.3. The van der Waals surface area contributed by atoms with Crippen molar-refractivity contribution in [2.75, 3.05) is 0 Å². The van der Waals surface area contributed by atoms with Crippen molar-refractivity contribution in [2.45, 2.75) is 0 Å². The molecule has 0 radical (unpaired) electrons. The van der Waals surface area contributed by atoms with Crippen LogP contribution in [0.15, 0.2) is 174 Å². The van der Waals surface area contributed by atoms with Crippen molar-refractivity contribution in [3.63, 3.8) is 0 Å². The Bertz CT molecular complexity index is 3640. The van der Waals surface area contributed by atoms with E-state index in [0.717, 1.165) is 27.3 Å². The van der Waals surface area contributed by atoms with E-state index in [1.165, 1.54) is 103 Å². The Balaban J connectivity index is 1.17. The van der Waals surface area contributed by atoms with Gasteiger partial charge in [-0.25, -0.2) is 0 Å². The maximum Gasteiger partial charge on any atom is 0.143 e. The van der Waals surface area contributed by atoms with E-state index >= 15 is 0 Å². The second kappa shape index (κ2) is 9.88. The number of rotatable bonds is 2. The van der Waals surface area contributed by atoms with E-state index in [2.05, 4.69) is 170 Å². The molecule has 0 fully saturated rings. The van der Waals surface area contributed by atoms with Crippen molar-refractivity contribution in [1.29, 1.82) is 0 Å². The van der Waals surface area contributed by atoms with Gasteiger partial charge in [0.05, 0.1) is 0 Å². The molecule has 0 atom stereocenters. The largest absolute Gasteiger partial charge is 0.455 e. The molecule has 12 aromatic carbocycles. The van der Waals surface area contributed by atoms with Crippen LogP contribution >= 0.6 is 0 Å². The monoisotopic (exact) mass is 668 g/mol. The third-order valence-corrected chi connectivity index (χ3v) is 12.1. The van der Waals surface area contributed by atoms with Gasteiger partial charge >= 0.3 is 0 Å². The van der Waals surface area contributed by atoms with Gasteiger partial charge in [0.2, 0.25) is 0 Å². The Morgan fingerprint density at radius 1 is 0.264 bits per heavy atom. The van der Waals surface area contributed by atoms with Crippen LogP contribution < -0.4 is 0 Å². The fourth-order valence-corrected chi connectivity index (χ4v) is 9.70. The number of benzene rings is 12. The van der Waals surface area contributed by atoms with Gasteiger partial charge in [-0.2, -0.15) is 0 Å². The van der Waals surface area contributed by atoms with E-state index in [9.17, 15) is 0 Å². The summed E-state index contributed by atoms with van der Waals surface area (Å²) in [5.74, 6) is 0. The lowest BCUT2D eigenvalue weighted by molar-refractivity contribution is 0.673. The third kappa shape index (κ3) is 3.66. The first-order valence-corrected chi connectivity index (χ1v) is 18.4. The van der Waals surface area contributed by atoms with Crippen molar-refractivity contribution in [3.05, 3.63) is 170 Å². The summed E-state index contributed by atoms with van der Waals surface area (Å²) in [7, 11) is 0. The quantitative estimate of drug-likeness (QED) is 0.167. The molecule has 1 heterocycles. The predicted octanol–water partition coefficient (Wildman–Crippen LogP) is 15.0. The van der Waals surface area contributed by atoms with Gasteiger partial charge in [0.1, 0.15) is 11.2 Å².